The maximum atomic E-state index is 11.5. The first-order valence-corrected chi connectivity index (χ1v) is 13.2. The molecular weight excluding hydrogens is 640 g/mol. The molecule has 0 saturated carbocycles. The molecule has 11 heteroatoms. The monoisotopic (exact) mass is 677 g/mol. The number of hydrogen-bond acceptors (Lipinski definition) is 9. The van der Waals surface area contributed by atoms with Crippen molar-refractivity contribution in [2.75, 3.05) is 25.1 Å². The molecule has 1 saturated heterocycles. The largest absolute Gasteiger partial charge is 1.00 e. The van der Waals surface area contributed by atoms with E-state index in [2.05, 4.69) is 20.8 Å². The van der Waals surface area contributed by atoms with Gasteiger partial charge in [0, 0.05) is 33.1 Å². The van der Waals surface area contributed by atoms with Crippen molar-refractivity contribution in [3.8, 4) is 0 Å². The summed E-state index contributed by atoms with van der Waals surface area (Å²) in [4.78, 5) is 45.4. The van der Waals surface area contributed by atoms with Crippen molar-refractivity contribution in [3.05, 3.63) is 0 Å². The van der Waals surface area contributed by atoms with Crippen molar-refractivity contribution in [2.45, 2.75) is 78.6 Å². The summed E-state index contributed by atoms with van der Waals surface area (Å²) in [5, 5.41) is 0. The molecule has 190 valence electrons. The number of Topliss-reactive ketones (excluding diaryl/α,β-unsaturated/α-hetero) is 1. The number of esters is 3. The van der Waals surface area contributed by atoms with Crippen LogP contribution in [0.2, 0.25) is 0 Å². The van der Waals surface area contributed by atoms with E-state index in [1.54, 1.807) is 0 Å². The molecule has 1 aliphatic rings. The zero-order chi connectivity index (χ0) is 24.1. The van der Waals surface area contributed by atoms with Gasteiger partial charge in [-0.05, 0) is 35.6 Å². The minimum Gasteiger partial charge on any atom is -0.761 e. The summed E-state index contributed by atoms with van der Waals surface area (Å²) in [5.74, 6) is -2.61. The number of rotatable bonds is 9. The Balaban J connectivity index is 0. The van der Waals surface area contributed by atoms with E-state index in [1.807, 2.05) is 0 Å². The third-order valence-electron chi connectivity index (χ3n) is 4.85. The van der Waals surface area contributed by atoms with Crippen LogP contribution in [0, 0.1) is 5.92 Å². The van der Waals surface area contributed by atoms with Crippen molar-refractivity contribution < 1.29 is 60.5 Å². The van der Waals surface area contributed by atoms with Crippen molar-refractivity contribution in [1.82, 2.24) is 0 Å². The minimum absolute atomic E-state index is 0. The van der Waals surface area contributed by atoms with E-state index in [9.17, 15) is 19.2 Å². The van der Waals surface area contributed by atoms with Crippen molar-refractivity contribution in [1.29, 1.82) is 0 Å². The van der Waals surface area contributed by atoms with Gasteiger partial charge in [-0.2, -0.15) is 0 Å². The van der Waals surface area contributed by atoms with Crippen LogP contribution in [0.25, 0.3) is 0 Å². The Hall–Kier alpha value is -0.440. The van der Waals surface area contributed by atoms with E-state index in [-0.39, 0.29) is 49.1 Å². The van der Waals surface area contributed by atoms with Crippen LogP contribution in [0.4, 0.5) is 0 Å². The summed E-state index contributed by atoms with van der Waals surface area (Å²) in [7, 11) is 0.137. The first kappa shape index (κ1) is 33.7. The predicted molar refractivity (Wildman–Crippen MR) is 122 cm³/mol. The molecule has 1 aliphatic heterocycles. The Bertz CT molecular complexity index is 597. The van der Waals surface area contributed by atoms with Gasteiger partial charge in [-0.1, -0.05) is 5.44 Å². The van der Waals surface area contributed by atoms with Crippen molar-refractivity contribution in [3.63, 3.8) is 0 Å². The summed E-state index contributed by atoms with van der Waals surface area (Å²) < 4.78 is 21.0. The second-order valence-electron chi connectivity index (χ2n) is 7.37. The maximum Gasteiger partial charge on any atom is 1.00 e. The van der Waals surface area contributed by atoms with Crippen molar-refractivity contribution in [2.24, 2.45) is 5.92 Å². The molecule has 0 bridgehead atoms. The summed E-state index contributed by atoms with van der Waals surface area (Å²) in [5.41, 5.74) is -0.870. The van der Waals surface area contributed by atoms with E-state index in [0.717, 1.165) is 0 Å². The van der Waals surface area contributed by atoms with Gasteiger partial charge >= 0.3 is 40.3 Å². The second-order valence-corrected chi connectivity index (χ2v) is 11.5. The summed E-state index contributed by atoms with van der Waals surface area (Å²) in [6, 6.07) is 0. The van der Waals surface area contributed by atoms with Crippen LogP contribution >= 0.6 is 7.92 Å². The molecule has 0 radical (unpaired) electrons. The van der Waals surface area contributed by atoms with Gasteiger partial charge in [0.05, 0.1) is 18.5 Å². The Morgan fingerprint density at radius 1 is 0.844 bits per heavy atom. The molecule has 1 fully saturated rings. The molecule has 0 aromatic carbocycles. The standard InChI is InChI=1S/C15H22O8S.C6H15P.Au/c1-7(16)5-11-13(21-9(3)18)14(22-10(4)19)12(23-15(11)24)6-20-8(2)17;1-4-7(5-2)6-3;/h11-15,24H,5-6H2,1-4H3;4-6H2,1-3H3;/q;;+1/t11-,12-,13-,14-,15+;;/m1../s1. The van der Waals surface area contributed by atoms with E-state index < -0.39 is 47.6 Å². The Morgan fingerprint density at radius 2 is 1.31 bits per heavy atom. The molecule has 0 amide bonds. The number of carbonyl (C=O) groups excluding carboxylic acids is 4. The molecule has 0 aromatic heterocycles. The van der Waals surface area contributed by atoms with Crippen LogP contribution in [0.1, 0.15) is 54.9 Å². The van der Waals surface area contributed by atoms with Crippen LogP contribution in [0.3, 0.4) is 0 Å². The van der Waals surface area contributed by atoms with Gasteiger partial charge in [-0.15, -0.1) is 0 Å². The van der Waals surface area contributed by atoms with Gasteiger partial charge in [0.25, 0.3) is 0 Å². The quantitative estimate of drug-likeness (QED) is 0.120. The van der Waals surface area contributed by atoms with Crippen LogP contribution in [-0.4, -0.2) is 72.5 Å². The number of ether oxygens (including phenoxy) is 4. The SMILES string of the molecule is CC(=O)C[C@@H]1[C@@H](OC(C)=O)[C@H](OC(C)=O)[C@@H](COC(C)=O)O[C@H]1[S-].CC[PH+](CC)CC.[Au+]. The molecule has 8 nitrogen and oxygen atoms in total. The zero-order valence-corrected chi connectivity index (χ0v) is 23.9. The number of hydrogen-bond donors (Lipinski definition) is 0. The molecular formula is C21H37AuO8PS+. The molecule has 5 atom stereocenters. The zero-order valence-electron chi connectivity index (χ0n) is 19.9. The molecule has 0 aromatic rings. The molecule has 0 unspecified atom stereocenters. The first-order valence-electron chi connectivity index (χ1n) is 10.6. The smallest absolute Gasteiger partial charge is 0.761 e. The van der Waals surface area contributed by atoms with Crippen molar-refractivity contribution >= 4 is 44.2 Å². The first-order chi connectivity index (χ1) is 14.5. The molecule has 32 heavy (non-hydrogen) atoms. The fourth-order valence-electron chi connectivity index (χ4n) is 3.27. The Labute approximate surface area is 213 Å². The van der Waals surface area contributed by atoms with Gasteiger partial charge in [0.1, 0.15) is 24.6 Å². The third-order valence-corrected chi connectivity index (χ3v) is 8.31. The Kier molecular flexibility index (Phi) is 18.9. The normalized spacial score (nSPS) is 24.3. The Morgan fingerprint density at radius 3 is 1.66 bits per heavy atom. The maximum absolute atomic E-state index is 11.5. The van der Waals surface area contributed by atoms with Crippen LogP contribution in [0.15, 0.2) is 0 Å². The summed E-state index contributed by atoms with van der Waals surface area (Å²) in [6.45, 7) is 11.7. The molecule has 0 spiro atoms. The van der Waals surface area contributed by atoms with Crippen LogP contribution in [0.5, 0.6) is 0 Å². The van der Waals surface area contributed by atoms with Gasteiger partial charge in [0.15, 0.2) is 6.10 Å². The van der Waals surface area contributed by atoms with Gasteiger partial charge in [0.2, 0.25) is 0 Å². The second kappa shape index (κ2) is 18.0. The van der Waals surface area contributed by atoms with E-state index in [0.29, 0.717) is 0 Å². The predicted octanol–water partition coefficient (Wildman–Crippen LogP) is 2.54. The van der Waals surface area contributed by atoms with E-state index in [4.69, 9.17) is 31.6 Å². The summed E-state index contributed by atoms with van der Waals surface area (Å²) >= 11 is 5.24. The van der Waals surface area contributed by atoms with Crippen LogP contribution < -0.4 is 0 Å². The summed E-state index contributed by atoms with van der Waals surface area (Å²) in [6.07, 6.45) is 1.48. The van der Waals surface area contributed by atoms with Gasteiger partial charge in [-0.3, -0.25) is 14.4 Å². The number of ketones is 1. The molecule has 0 N–H and O–H groups in total. The van der Waals surface area contributed by atoms with E-state index in [1.165, 1.54) is 46.2 Å². The number of carbonyl (C=O) groups is 4. The minimum atomic E-state index is -1.03. The molecule has 0 aliphatic carbocycles. The third kappa shape index (κ3) is 13.3. The fourth-order valence-corrected chi connectivity index (χ4v) is 5.16. The van der Waals surface area contributed by atoms with Gasteiger partial charge < -0.3 is 36.4 Å². The topological polar surface area (TPSA) is 105 Å². The average molecular weight is 678 g/mol. The fraction of sp³-hybridized carbons (Fsp3) is 0.810. The van der Waals surface area contributed by atoms with E-state index >= 15 is 0 Å². The van der Waals surface area contributed by atoms with Gasteiger partial charge in [-0.25, -0.2) is 0 Å². The van der Waals surface area contributed by atoms with Crippen LogP contribution in [-0.2, 0) is 73.1 Å². The molecule has 1 rings (SSSR count). The average Bonchev–Trinajstić information content (AvgIpc) is 2.66. The molecule has 1 heterocycles.